The van der Waals surface area contributed by atoms with Crippen LogP contribution >= 0.6 is 23.2 Å². The maximum absolute atomic E-state index is 12.5. The first-order chi connectivity index (χ1) is 13.5. The molecule has 0 unspecified atom stereocenters. The Kier molecular flexibility index (Phi) is 8.42. The number of nitrogens with zero attached hydrogens (tertiary/aromatic N) is 1. The van der Waals surface area contributed by atoms with Crippen LogP contribution in [0.25, 0.3) is 0 Å². The third kappa shape index (κ3) is 5.53. The third-order valence-corrected chi connectivity index (χ3v) is 4.19. The van der Waals surface area contributed by atoms with Crippen LogP contribution in [0.3, 0.4) is 0 Å². The standard InChI is InChI=1S/C20H22Cl2N2O4/c1-4-26-17-10-13(11-18(27-5-2)19(17)28-6-3)20(25)24-23-12-14-15(21)8-7-9-16(14)22/h7-12H,4-6H2,1-3H3,(H,24,25). The maximum atomic E-state index is 12.5. The summed E-state index contributed by atoms with van der Waals surface area (Å²) in [6.45, 7) is 6.83. The third-order valence-electron chi connectivity index (χ3n) is 3.53. The fourth-order valence-corrected chi connectivity index (χ4v) is 2.87. The number of hydrogen-bond donors (Lipinski definition) is 1. The van der Waals surface area contributed by atoms with E-state index in [0.717, 1.165) is 0 Å². The van der Waals surface area contributed by atoms with Crippen molar-refractivity contribution < 1.29 is 19.0 Å². The zero-order valence-corrected chi connectivity index (χ0v) is 17.4. The van der Waals surface area contributed by atoms with Gasteiger partial charge in [-0.2, -0.15) is 5.10 Å². The highest BCUT2D eigenvalue weighted by atomic mass is 35.5. The molecule has 28 heavy (non-hydrogen) atoms. The Morgan fingerprint density at radius 2 is 1.54 bits per heavy atom. The summed E-state index contributed by atoms with van der Waals surface area (Å²) in [6, 6.07) is 8.28. The molecule has 0 saturated carbocycles. The number of halogens is 2. The number of carbonyl (C=O) groups is 1. The van der Waals surface area contributed by atoms with E-state index in [1.54, 1.807) is 30.3 Å². The number of amides is 1. The molecule has 6 nitrogen and oxygen atoms in total. The van der Waals surface area contributed by atoms with Crippen LogP contribution in [0.2, 0.25) is 10.0 Å². The van der Waals surface area contributed by atoms with Gasteiger partial charge in [-0.1, -0.05) is 29.3 Å². The van der Waals surface area contributed by atoms with E-state index < -0.39 is 5.91 Å². The molecule has 150 valence electrons. The van der Waals surface area contributed by atoms with Crippen molar-refractivity contribution in [3.05, 3.63) is 51.5 Å². The molecule has 0 aliphatic rings. The Hall–Kier alpha value is -2.44. The average molecular weight is 425 g/mol. The molecule has 1 amide bonds. The molecule has 0 saturated heterocycles. The van der Waals surface area contributed by atoms with E-state index in [1.807, 2.05) is 20.8 Å². The van der Waals surface area contributed by atoms with E-state index in [2.05, 4.69) is 10.5 Å². The fraction of sp³-hybridized carbons (Fsp3) is 0.300. The lowest BCUT2D eigenvalue weighted by Gasteiger charge is -2.16. The van der Waals surface area contributed by atoms with Crippen LogP contribution in [0.15, 0.2) is 35.4 Å². The maximum Gasteiger partial charge on any atom is 0.271 e. The minimum Gasteiger partial charge on any atom is -0.490 e. The van der Waals surface area contributed by atoms with Crippen molar-refractivity contribution in [1.82, 2.24) is 5.43 Å². The molecular formula is C20H22Cl2N2O4. The molecule has 0 radical (unpaired) electrons. The van der Waals surface area contributed by atoms with Crippen LogP contribution < -0.4 is 19.6 Å². The van der Waals surface area contributed by atoms with Gasteiger partial charge in [0.25, 0.3) is 5.91 Å². The van der Waals surface area contributed by atoms with Crippen molar-refractivity contribution in [3.8, 4) is 17.2 Å². The van der Waals surface area contributed by atoms with E-state index >= 15 is 0 Å². The molecule has 2 rings (SSSR count). The van der Waals surface area contributed by atoms with Crippen LogP contribution in [-0.2, 0) is 0 Å². The summed E-state index contributed by atoms with van der Waals surface area (Å²) in [4.78, 5) is 12.5. The quantitative estimate of drug-likeness (QED) is 0.456. The first-order valence-corrected chi connectivity index (χ1v) is 9.61. The molecule has 0 atom stereocenters. The molecule has 0 bridgehead atoms. The van der Waals surface area contributed by atoms with Gasteiger partial charge >= 0.3 is 0 Å². The van der Waals surface area contributed by atoms with E-state index in [9.17, 15) is 4.79 Å². The van der Waals surface area contributed by atoms with Crippen LogP contribution in [-0.4, -0.2) is 31.9 Å². The van der Waals surface area contributed by atoms with Crippen molar-refractivity contribution >= 4 is 35.3 Å². The Morgan fingerprint density at radius 3 is 2.04 bits per heavy atom. The predicted molar refractivity (Wildman–Crippen MR) is 111 cm³/mol. The largest absolute Gasteiger partial charge is 0.490 e. The van der Waals surface area contributed by atoms with Gasteiger partial charge in [-0.25, -0.2) is 5.43 Å². The highest BCUT2D eigenvalue weighted by Gasteiger charge is 2.18. The van der Waals surface area contributed by atoms with E-state index in [0.29, 0.717) is 58.2 Å². The van der Waals surface area contributed by atoms with Gasteiger partial charge in [-0.3, -0.25) is 4.79 Å². The first-order valence-electron chi connectivity index (χ1n) is 8.85. The summed E-state index contributed by atoms with van der Waals surface area (Å²) in [7, 11) is 0. The Bertz CT molecular complexity index is 809. The molecule has 0 aliphatic heterocycles. The van der Waals surface area contributed by atoms with Gasteiger partial charge in [0.2, 0.25) is 5.75 Å². The Balaban J connectivity index is 2.27. The predicted octanol–water partition coefficient (Wildman–Crippen LogP) is 4.95. The van der Waals surface area contributed by atoms with Crippen molar-refractivity contribution in [2.24, 2.45) is 5.10 Å². The summed E-state index contributed by atoms with van der Waals surface area (Å²) < 4.78 is 16.9. The Morgan fingerprint density at radius 1 is 1.00 bits per heavy atom. The van der Waals surface area contributed by atoms with E-state index in [1.165, 1.54) is 6.21 Å². The number of carbonyl (C=O) groups excluding carboxylic acids is 1. The topological polar surface area (TPSA) is 69.2 Å². The molecule has 1 N–H and O–H groups in total. The van der Waals surface area contributed by atoms with Crippen LogP contribution in [0, 0.1) is 0 Å². The number of hydrazone groups is 1. The van der Waals surface area contributed by atoms with Gasteiger partial charge in [-0.05, 0) is 45.0 Å². The molecule has 0 aliphatic carbocycles. The first kappa shape index (κ1) is 21.9. The molecular weight excluding hydrogens is 403 g/mol. The number of rotatable bonds is 9. The lowest BCUT2D eigenvalue weighted by molar-refractivity contribution is 0.0954. The second-order valence-corrected chi connectivity index (χ2v) is 6.25. The lowest BCUT2D eigenvalue weighted by Crippen LogP contribution is -2.18. The van der Waals surface area contributed by atoms with Crippen LogP contribution in [0.1, 0.15) is 36.7 Å². The Labute approximate surface area is 174 Å². The molecule has 0 heterocycles. The van der Waals surface area contributed by atoms with Crippen LogP contribution in [0.5, 0.6) is 17.2 Å². The van der Waals surface area contributed by atoms with Gasteiger partial charge in [0.15, 0.2) is 11.5 Å². The molecule has 8 heteroatoms. The number of nitrogens with one attached hydrogen (secondary N) is 1. The zero-order valence-electron chi connectivity index (χ0n) is 15.9. The van der Waals surface area contributed by atoms with Gasteiger partial charge < -0.3 is 14.2 Å². The normalized spacial score (nSPS) is 10.8. The van der Waals surface area contributed by atoms with Crippen molar-refractivity contribution in [2.75, 3.05) is 19.8 Å². The lowest BCUT2D eigenvalue weighted by atomic mass is 10.1. The SMILES string of the molecule is CCOc1cc(C(=O)NN=Cc2c(Cl)cccc2Cl)cc(OCC)c1OCC. The van der Waals surface area contributed by atoms with Gasteiger partial charge in [0.05, 0.1) is 36.1 Å². The highest BCUT2D eigenvalue weighted by molar-refractivity contribution is 6.38. The number of ether oxygens (including phenoxy) is 3. The summed E-state index contributed by atoms with van der Waals surface area (Å²) in [5.74, 6) is 0.885. The van der Waals surface area contributed by atoms with Gasteiger partial charge in [-0.15, -0.1) is 0 Å². The zero-order chi connectivity index (χ0) is 20.5. The van der Waals surface area contributed by atoms with Gasteiger partial charge in [0.1, 0.15) is 0 Å². The average Bonchev–Trinajstić information content (AvgIpc) is 2.66. The second-order valence-electron chi connectivity index (χ2n) is 5.44. The van der Waals surface area contributed by atoms with Crippen molar-refractivity contribution in [1.29, 1.82) is 0 Å². The van der Waals surface area contributed by atoms with Gasteiger partial charge in [0, 0.05) is 11.1 Å². The monoisotopic (exact) mass is 424 g/mol. The van der Waals surface area contributed by atoms with Crippen LogP contribution in [0.4, 0.5) is 0 Å². The smallest absolute Gasteiger partial charge is 0.271 e. The number of hydrogen-bond acceptors (Lipinski definition) is 5. The summed E-state index contributed by atoms with van der Waals surface area (Å²) in [6.07, 6.45) is 1.39. The van der Waals surface area contributed by atoms with E-state index in [-0.39, 0.29) is 0 Å². The van der Waals surface area contributed by atoms with Crippen molar-refractivity contribution in [2.45, 2.75) is 20.8 Å². The molecule has 0 fully saturated rings. The summed E-state index contributed by atoms with van der Waals surface area (Å²) in [5.41, 5.74) is 3.29. The molecule has 2 aromatic rings. The van der Waals surface area contributed by atoms with Crippen molar-refractivity contribution in [3.63, 3.8) is 0 Å². The second kappa shape index (κ2) is 10.8. The molecule has 2 aromatic carbocycles. The molecule has 0 spiro atoms. The summed E-state index contributed by atoms with van der Waals surface area (Å²) in [5, 5.41) is 4.81. The highest BCUT2D eigenvalue weighted by Crippen LogP contribution is 2.39. The number of benzene rings is 2. The fourth-order valence-electron chi connectivity index (χ4n) is 2.37. The molecule has 0 aromatic heterocycles. The summed E-state index contributed by atoms with van der Waals surface area (Å²) >= 11 is 12.2. The minimum absolute atomic E-state index is 0.317. The van der Waals surface area contributed by atoms with E-state index in [4.69, 9.17) is 37.4 Å². The minimum atomic E-state index is -0.440.